The van der Waals surface area contributed by atoms with E-state index < -0.39 is 0 Å². The minimum atomic E-state index is 0.443. The molecule has 2 rings (SSSR count). The summed E-state index contributed by atoms with van der Waals surface area (Å²) in [4.78, 5) is 2.93. The van der Waals surface area contributed by atoms with Gasteiger partial charge in [-0.1, -0.05) is 12.1 Å². The first kappa shape index (κ1) is 7.07. The largest absolute Gasteiger partial charge is 0.330 e. The van der Waals surface area contributed by atoms with Crippen molar-refractivity contribution in [1.82, 2.24) is 9.55 Å². The van der Waals surface area contributed by atoms with Gasteiger partial charge in [-0.2, -0.15) is 5.26 Å². The number of rotatable bonds is 0. The fraction of sp³-hybridized carbons (Fsp3) is 0. The first-order valence-electron chi connectivity index (χ1n) is 3.43. The molecule has 3 nitrogen and oxygen atoms in total. The predicted octanol–water partition coefficient (Wildman–Crippen LogP) is 2.03. The number of aromatic nitrogens is 2. The Labute approximate surface area is 73.9 Å². The molecule has 0 spiro atoms. The average molecular weight is 175 g/mol. The number of H-pyrrole nitrogens is 1. The second kappa shape index (κ2) is 2.47. The van der Waals surface area contributed by atoms with Crippen molar-refractivity contribution in [2.75, 3.05) is 0 Å². The highest BCUT2D eigenvalue weighted by Crippen LogP contribution is 2.11. The van der Waals surface area contributed by atoms with Crippen molar-refractivity contribution in [3.63, 3.8) is 0 Å². The number of para-hydroxylation sites is 2. The third-order valence-electron chi connectivity index (χ3n) is 1.69. The van der Waals surface area contributed by atoms with Crippen LogP contribution in [-0.4, -0.2) is 9.55 Å². The minimum Gasteiger partial charge on any atom is -0.330 e. The van der Waals surface area contributed by atoms with Gasteiger partial charge in [0.05, 0.1) is 11.0 Å². The molecule has 0 unspecified atom stereocenters. The zero-order valence-corrected chi connectivity index (χ0v) is 6.93. The highest BCUT2D eigenvalue weighted by Gasteiger charge is 2.00. The number of imidazole rings is 1. The highest BCUT2D eigenvalue weighted by atomic mass is 32.1. The molecule has 0 amide bonds. The molecule has 1 aromatic heterocycles. The molecule has 0 saturated carbocycles. The van der Waals surface area contributed by atoms with Gasteiger partial charge in [0.15, 0.2) is 11.0 Å². The maximum absolute atomic E-state index is 8.73. The number of hydrogen-bond acceptors (Lipinski definition) is 2. The molecule has 0 saturated heterocycles. The SMILES string of the molecule is N#Cn1c(=S)[nH]c2ccccc21. The maximum Gasteiger partial charge on any atom is 0.191 e. The number of nitriles is 1. The average Bonchev–Trinajstić information content (AvgIpc) is 2.40. The number of aromatic amines is 1. The van der Waals surface area contributed by atoms with E-state index >= 15 is 0 Å². The molecule has 0 aliphatic heterocycles. The second-order valence-electron chi connectivity index (χ2n) is 2.38. The third kappa shape index (κ3) is 0.840. The van der Waals surface area contributed by atoms with Crippen LogP contribution in [0.2, 0.25) is 0 Å². The van der Waals surface area contributed by atoms with Crippen LogP contribution in [0.5, 0.6) is 0 Å². The Hall–Kier alpha value is -1.60. The molecule has 1 aromatic carbocycles. The van der Waals surface area contributed by atoms with Crippen LogP contribution in [0, 0.1) is 16.2 Å². The van der Waals surface area contributed by atoms with Gasteiger partial charge in [-0.15, -0.1) is 0 Å². The van der Waals surface area contributed by atoms with E-state index in [-0.39, 0.29) is 0 Å². The first-order chi connectivity index (χ1) is 5.83. The van der Waals surface area contributed by atoms with Crippen LogP contribution in [0.15, 0.2) is 24.3 Å². The predicted molar refractivity (Wildman–Crippen MR) is 48.1 cm³/mol. The van der Waals surface area contributed by atoms with Gasteiger partial charge in [-0.3, -0.25) is 0 Å². The number of fused-ring (bicyclic) bond motifs is 1. The first-order valence-corrected chi connectivity index (χ1v) is 3.83. The van der Waals surface area contributed by atoms with Gasteiger partial charge in [0.2, 0.25) is 0 Å². The fourth-order valence-electron chi connectivity index (χ4n) is 1.15. The van der Waals surface area contributed by atoms with Crippen LogP contribution >= 0.6 is 12.2 Å². The van der Waals surface area contributed by atoms with Crippen LogP contribution in [0.1, 0.15) is 0 Å². The molecular formula is C8H5N3S. The topological polar surface area (TPSA) is 44.5 Å². The van der Waals surface area contributed by atoms with Gasteiger partial charge in [-0.25, -0.2) is 4.57 Å². The summed E-state index contributed by atoms with van der Waals surface area (Å²) in [5, 5.41) is 8.73. The zero-order chi connectivity index (χ0) is 8.55. The molecule has 0 fully saturated rings. The van der Waals surface area contributed by atoms with E-state index in [0.29, 0.717) is 4.77 Å². The minimum absolute atomic E-state index is 0.443. The number of hydrogen-bond donors (Lipinski definition) is 1. The number of nitrogens with one attached hydrogen (secondary N) is 1. The Balaban J connectivity index is 3.03. The van der Waals surface area contributed by atoms with Gasteiger partial charge >= 0.3 is 0 Å². The highest BCUT2D eigenvalue weighted by molar-refractivity contribution is 7.71. The van der Waals surface area contributed by atoms with Crippen LogP contribution < -0.4 is 0 Å². The molecule has 58 valence electrons. The molecule has 4 heteroatoms. The lowest BCUT2D eigenvalue weighted by Crippen LogP contribution is -1.85. The lowest BCUT2D eigenvalue weighted by molar-refractivity contribution is 1.08. The molecule has 12 heavy (non-hydrogen) atoms. The lowest BCUT2D eigenvalue weighted by Gasteiger charge is -1.87. The molecule has 2 aromatic rings. The lowest BCUT2D eigenvalue weighted by atomic mass is 10.3. The van der Waals surface area contributed by atoms with E-state index in [9.17, 15) is 0 Å². The normalized spacial score (nSPS) is 9.92. The standard InChI is InChI=1S/C8H5N3S/c9-5-11-7-4-2-1-3-6(7)10-8(11)12/h1-4H,(H,10,12). The summed E-state index contributed by atoms with van der Waals surface area (Å²) in [6.45, 7) is 0. The van der Waals surface area contributed by atoms with Crippen LogP contribution in [-0.2, 0) is 0 Å². The molecule has 1 N–H and O–H groups in total. The summed E-state index contributed by atoms with van der Waals surface area (Å²) < 4.78 is 1.84. The second-order valence-corrected chi connectivity index (χ2v) is 2.77. The van der Waals surface area contributed by atoms with E-state index in [4.69, 9.17) is 17.5 Å². The van der Waals surface area contributed by atoms with E-state index in [0.717, 1.165) is 11.0 Å². The van der Waals surface area contributed by atoms with Crippen molar-refractivity contribution < 1.29 is 0 Å². The van der Waals surface area contributed by atoms with Gasteiger partial charge in [0.1, 0.15) is 0 Å². The molecule has 1 heterocycles. The van der Waals surface area contributed by atoms with Crippen molar-refractivity contribution in [3.8, 4) is 6.19 Å². The van der Waals surface area contributed by atoms with Crippen molar-refractivity contribution in [1.29, 1.82) is 5.26 Å². The molecule has 0 aliphatic carbocycles. The van der Waals surface area contributed by atoms with Crippen molar-refractivity contribution >= 4 is 23.3 Å². The van der Waals surface area contributed by atoms with Gasteiger partial charge in [0.25, 0.3) is 0 Å². The fourth-order valence-corrected chi connectivity index (χ4v) is 1.40. The van der Waals surface area contributed by atoms with Crippen molar-refractivity contribution in [3.05, 3.63) is 29.0 Å². The van der Waals surface area contributed by atoms with E-state index in [1.54, 1.807) is 0 Å². The quantitative estimate of drug-likeness (QED) is 0.622. The Bertz CT molecular complexity index is 515. The molecule has 0 aliphatic rings. The van der Waals surface area contributed by atoms with Crippen LogP contribution in [0.4, 0.5) is 0 Å². The summed E-state index contributed by atoms with van der Waals surface area (Å²) in [6.07, 6.45) is 2.00. The Morgan fingerprint density at radius 1 is 1.42 bits per heavy atom. The smallest absolute Gasteiger partial charge is 0.191 e. The number of benzene rings is 1. The molecule has 0 atom stereocenters. The summed E-state index contributed by atoms with van der Waals surface area (Å²) in [5.74, 6) is 0. The molecular weight excluding hydrogens is 170 g/mol. The van der Waals surface area contributed by atoms with Crippen LogP contribution in [0.3, 0.4) is 0 Å². The van der Waals surface area contributed by atoms with Gasteiger partial charge in [-0.05, 0) is 24.4 Å². The summed E-state index contributed by atoms with van der Waals surface area (Å²) in [7, 11) is 0. The monoisotopic (exact) mass is 175 g/mol. The van der Waals surface area contributed by atoms with E-state index in [1.807, 2.05) is 30.5 Å². The third-order valence-corrected chi connectivity index (χ3v) is 1.97. The van der Waals surface area contributed by atoms with Gasteiger partial charge in [0, 0.05) is 0 Å². The summed E-state index contributed by atoms with van der Waals surface area (Å²) in [5.41, 5.74) is 1.72. The van der Waals surface area contributed by atoms with E-state index in [2.05, 4.69) is 4.98 Å². The molecule has 0 radical (unpaired) electrons. The van der Waals surface area contributed by atoms with Crippen molar-refractivity contribution in [2.24, 2.45) is 0 Å². The summed E-state index contributed by atoms with van der Waals surface area (Å²) >= 11 is 4.94. The van der Waals surface area contributed by atoms with Crippen molar-refractivity contribution in [2.45, 2.75) is 0 Å². The zero-order valence-electron chi connectivity index (χ0n) is 6.11. The van der Waals surface area contributed by atoms with E-state index in [1.165, 1.54) is 4.57 Å². The number of nitrogens with zero attached hydrogens (tertiary/aromatic N) is 2. The Kier molecular flexibility index (Phi) is 1.45. The molecule has 0 bridgehead atoms. The Morgan fingerprint density at radius 2 is 2.17 bits per heavy atom. The maximum atomic E-state index is 8.73. The van der Waals surface area contributed by atoms with Crippen LogP contribution in [0.25, 0.3) is 11.0 Å². The Morgan fingerprint density at radius 3 is 2.92 bits per heavy atom. The summed E-state index contributed by atoms with van der Waals surface area (Å²) in [6, 6.07) is 7.51. The van der Waals surface area contributed by atoms with Gasteiger partial charge < -0.3 is 4.98 Å².